The first kappa shape index (κ1) is 12.8. The van der Waals surface area contributed by atoms with E-state index in [1.807, 2.05) is 12.1 Å². The van der Waals surface area contributed by atoms with Crippen LogP contribution in [0.4, 0.5) is 0 Å². The van der Waals surface area contributed by atoms with Gasteiger partial charge in [-0.2, -0.15) is 0 Å². The molecule has 0 spiro atoms. The number of rotatable bonds is 5. The Labute approximate surface area is 113 Å². The fraction of sp³-hybridized carbons (Fsp3) is 0.600. The summed E-state index contributed by atoms with van der Waals surface area (Å²) >= 11 is 0. The Morgan fingerprint density at radius 1 is 1.42 bits per heavy atom. The van der Waals surface area contributed by atoms with E-state index in [0.717, 1.165) is 37.4 Å². The van der Waals surface area contributed by atoms with E-state index >= 15 is 0 Å². The van der Waals surface area contributed by atoms with Gasteiger partial charge in [-0.05, 0) is 18.9 Å². The van der Waals surface area contributed by atoms with Crippen LogP contribution in [0.3, 0.4) is 0 Å². The first-order valence-corrected chi connectivity index (χ1v) is 6.91. The van der Waals surface area contributed by atoms with E-state index in [-0.39, 0.29) is 11.5 Å². The summed E-state index contributed by atoms with van der Waals surface area (Å²) in [6.45, 7) is 2.11. The van der Waals surface area contributed by atoms with Crippen molar-refractivity contribution in [3.05, 3.63) is 23.8 Å². The van der Waals surface area contributed by atoms with Gasteiger partial charge in [-0.3, -0.25) is 0 Å². The lowest BCUT2D eigenvalue weighted by Gasteiger charge is -2.21. The minimum absolute atomic E-state index is 0.108. The monoisotopic (exact) mass is 263 g/mol. The molecule has 1 aliphatic carbocycles. The number of ether oxygens (including phenoxy) is 3. The standard InChI is InChI=1S/C15H21NO3/c1-17-14-12(15(10-16)6-7-15)3-2-4-13(14)19-11-5-8-18-9-11/h2-4,11H,5-10,16H2,1H3. The van der Waals surface area contributed by atoms with Crippen LogP contribution in [0.5, 0.6) is 11.5 Å². The lowest BCUT2D eigenvalue weighted by Crippen LogP contribution is -2.21. The quantitative estimate of drug-likeness (QED) is 0.881. The molecule has 19 heavy (non-hydrogen) atoms. The van der Waals surface area contributed by atoms with E-state index in [4.69, 9.17) is 19.9 Å². The topological polar surface area (TPSA) is 53.7 Å². The average Bonchev–Trinajstić information content (AvgIpc) is 3.09. The number of benzene rings is 1. The van der Waals surface area contributed by atoms with Crippen LogP contribution in [0.25, 0.3) is 0 Å². The van der Waals surface area contributed by atoms with Crippen molar-refractivity contribution >= 4 is 0 Å². The lowest BCUT2D eigenvalue weighted by molar-refractivity contribution is 0.138. The third kappa shape index (κ3) is 2.30. The van der Waals surface area contributed by atoms with Crippen molar-refractivity contribution in [2.45, 2.75) is 30.8 Å². The van der Waals surface area contributed by atoms with Crippen LogP contribution in [0, 0.1) is 0 Å². The maximum atomic E-state index is 6.01. The van der Waals surface area contributed by atoms with Crippen LogP contribution < -0.4 is 15.2 Å². The molecule has 2 fully saturated rings. The molecule has 1 aromatic carbocycles. The summed E-state index contributed by atoms with van der Waals surface area (Å²) in [4.78, 5) is 0. The highest BCUT2D eigenvalue weighted by Gasteiger charge is 2.45. The number of para-hydroxylation sites is 1. The fourth-order valence-corrected chi connectivity index (χ4v) is 2.76. The zero-order valence-corrected chi connectivity index (χ0v) is 11.4. The summed E-state index contributed by atoms with van der Waals surface area (Å²) in [5.41, 5.74) is 7.22. The summed E-state index contributed by atoms with van der Waals surface area (Å²) in [5, 5.41) is 0. The Morgan fingerprint density at radius 2 is 2.26 bits per heavy atom. The van der Waals surface area contributed by atoms with E-state index in [1.165, 1.54) is 5.56 Å². The second-order valence-electron chi connectivity index (χ2n) is 5.42. The third-order valence-electron chi connectivity index (χ3n) is 4.18. The van der Waals surface area contributed by atoms with Crippen LogP contribution in [0.1, 0.15) is 24.8 Å². The molecule has 4 heteroatoms. The molecule has 0 aromatic heterocycles. The summed E-state index contributed by atoms with van der Waals surface area (Å²) in [6, 6.07) is 6.10. The molecule has 4 nitrogen and oxygen atoms in total. The molecule has 1 aromatic rings. The summed E-state index contributed by atoms with van der Waals surface area (Å²) < 4.78 is 17.0. The highest BCUT2D eigenvalue weighted by atomic mass is 16.6. The third-order valence-corrected chi connectivity index (χ3v) is 4.18. The molecule has 1 unspecified atom stereocenters. The Balaban J connectivity index is 1.89. The number of hydrogen-bond donors (Lipinski definition) is 1. The molecule has 1 aliphatic heterocycles. The molecule has 3 rings (SSSR count). The summed E-state index contributed by atoms with van der Waals surface area (Å²) in [6.07, 6.45) is 3.35. The Bertz CT molecular complexity index is 451. The second kappa shape index (κ2) is 5.02. The van der Waals surface area contributed by atoms with Gasteiger partial charge in [0, 0.05) is 23.9 Å². The first-order valence-electron chi connectivity index (χ1n) is 6.91. The van der Waals surface area contributed by atoms with Gasteiger partial charge >= 0.3 is 0 Å². The Kier molecular flexibility index (Phi) is 3.37. The normalized spacial score (nSPS) is 24.2. The van der Waals surface area contributed by atoms with Gasteiger partial charge in [-0.25, -0.2) is 0 Å². The Morgan fingerprint density at radius 3 is 2.84 bits per heavy atom. The van der Waals surface area contributed by atoms with Gasteiger partial charge in [-0.15, -0.1) is 0 Å². The van der Waals surface area contributed by atoms with Crippen molar-refractivity contribution in [3.63, 3.8) is 0 Å². The van der Waals surface area contributed by atoms with Crippen LogP contribution in [-0.4, -0.2) is 33.0 Å². The predicted octanol–water partition coefficient (Wildman–Crippen LogP) is 1.85. The molecule has 1 atom stereocenters. The van der Waals surface area contributed by atoms with E-state index in [9.17, 15) is 0 Å². The van der Waals surface area contributed by atoms with Crippen LogP contribution >= 0.6 is 0 Å². The molecule has 1 saturated heterocycles. The first-order chi connectivity index (χ1) is 9.29. The van der Waals surface area contributed by atoms with Crippen molar-refractivity contribution < 1.29 is 14.2 Å². The molecule has 1 saturated carbocycles. The zero-order chi connectivity index (χ0) is 13.3. The van der Waals surface area contributed by atoms with E-state index in [0.29, 0.717) is 13.2 Å². The van der Waals surface area contributed by atoms with Crippen molar-refractivity contribution in [1.82, 2.24) is 0 Å². The van der Waals surface area contributed by atoms with Gasteiger partial charge < -0.3 is 19.9 Å². The minimum Gasteiger partial charge on any atom is -0.493 e. The molecule has 2 aliphatic rings. The molecular formula is C15H21NO3. The van der Waals surface area contributed by atoms with Crippen molar-refractivity contribution in [1.29, 1.82) is 0 Å². The molecule has 0 radical (unpaired) electrons. The maximum Gasteiger partial charge on any atom is 0.164 e. The molecule has 104 valence electrons. The summed E-state index contributed by atoms with van der Waals surface area (Å²) in [7, 11) is 1.70. The van der Waals surface area contributed by atoms with Crippen LogP contribution in [0.15, 0.2) is 18.2 Å². The predicted molar refractivity (Wildman–Crippen MR) is 72.8 cm³/mol. The van der Waals surface area contributed by atoms with Gasteiger partial charge in [0.15, 0.2) is 11.5 Å². The maximum absolute atomic E-state index is 6.01. The lowest BCUT2D eigenvalue weighted by atomic mass is 9.95. The number of hydrogen-bond acceptors (Lipinski definition) is 4. The van der Waals surface area contributed by atoms with Gasteiger partial charge in [0.2, 0.25) is 0 Å². The van der Waals surface area contributed by atoms with Crippen LogP contribution in [0.2, 0.25) is 0 Å². The van der Waals surface area contributed by atoms with Crippen LogP contribution in [-0.2, 0) is 10.2 Å². The molecule has 0 bridgehead atoms. The fourth-order valence-electron chi connectivity index (χ4n) is 2.76. The van der Waals surface area contributed by atoms with E-state index < -0.39 is 0 Å². The van der Waals surface area contributed by atoms with Gasteiger partial charge in [-0.1, -0.05) is 12.1 Å². The number of nitrogens with two attached hydrogens (primary N) is 1. The molecule has 1 heterocycles. The van der Waals surface area contributed by atoms with Crippen molar-refractivity contribution in [2.24, 2.45) is 5.73 Å². The molecular weight excluding hydrogens is 242 g/mol. The smallest absolute Gasteiger partial charge is 0.164 e. The minimum atomic E-state index is 0.108. The number of methoxy groups -OCH3 is 1. The van der Waals surface area contributed by atoms with Crippen molar-refractivity contribution in [2.75, 3.05) is 26.9 Å². The van der Waals surface area contributed by atoms with Crippen molar-refractivity contribution in [3.8, 4) is 11.5 Å². The molecule has 2 N–H and O–H groups in total. The van der Waals surface area contributed by atoms with E-state index in [1.54, 1.807) is 7.11 Å². The van der Waals surface area contributed by atoms with Gasteiger partial charge in [0.25, 0.3) is 0 Å². The van der Waals surface area contributed by atoms with Gasteiger partial charge in [0.05, 0.1) is 20.3 Å². The summed E-state index contributed by atoms with van der Waals surface area (Å²) in [5.74, 6) is 1.66. The largest absolute Gasteiger partial charge is 0.493 e. The SMILES string of the molecule is COc1c(OC2CCOC2)cccc1C1(CN)CC1. The highest BCUT2D eigenvalue weighted by Crippen LogP contribution is 2.52. The molecule has 0 amide bonds. The van der Waals surface area contributed by atoms with E-state index in [2.05, 4.69) is 6.07 Å². The van der Waals surface area contributed by atoms with Gasteiger partial charge in [0.1, 0.15) is 6.10 Å². The highest BCUT2D eigenvalue weighted by molar-refractivity contribution is 5.52. The zero-order valence-electron chi connectivity index (χ0n) is 11.4. The Hall–Kier alpha value is -1.26. The second-order valence-corrected chi connectivity index (χ2v) is 5.42. The average molecular weight is 263 g/mol.